The summed E-state index contributed by atoms with van der Waals surface area (Å²) >= 11 is 0. The van der Waals surface area contributed by atoms with Crippen LogP contribution in [-0.4, -0.2) is 29.3 Å². The van der Waals surface area contributed by atoms with E-state index in [0.29, 0.717) is 12.6 Å². The maximum absolute atomic E-state index is 5.13. The molecule has 1 unspecified atom stereocenters. The number of methoxy groups -OCH3 is 1. The first-order valence-corrected chi connectivity index (χ1v) is 6.56. The molecule has 96 valence electrons. The summed E-state index contributed by atoms with van der Waals surface area (Å²) in [6.07, 6.45) is 9.46. The summed E-state index contributed by atoms with van der Waals surface area (Å²) in [7, 11) is 1.73. The highest BCUT2D eigenvalue weighted by Gasteiger charge is 2.17. The van der Waals surface area contributed by atoms with Crippen LogP contribution >= 0.6 is 0 Å². The molecule has 1 N–H and O–H groups in total. The number of rotatable bonds is 6. The third kappa shape index (κ3) is 3.46. The summed E-state index contributed by atoms with van der Waals surface area (Å²) in [5, 5.41) is 3.39. The van der Waals surface area contributed by atoms with E-state index < -0.39 is 0 Å². The van der Waals surface area contributed by atoms with E-state index in [0.717, 1.165) is 18.4 Å². The first kappa shape index (κ1) is 12.4. The smallest absolute Gasteiger partial charge is 0.203 e. The molecule has 0 aromatic carbocycles. The van der Waals surface area contributed by atoms with E-state index >= 15 is 0 Å². The Morgan fingerprint density at radius 2 is 2.29 bits per heavy atom. The van der Waals surface area contributed by atoms with Gasteiger partial charge in [0.15, 0.2) is 0 Å². The predicted octanol–water partition coefficient (Wildman–Crippen LogP) is 2.52. The van der Waals surface area contributed by atoms with Crippen LogP contribution < -0.4 is 5.32 Å². The largest absolute Gasteiger partial charge is 0.383 e. The fourth-order valence-electron chi connectivity index (χ4n) is 2.58. The van der Waals surface area contributed by atoms with Gasteiger partial charge in [0.25, 0.3) is 0 Å². The van der Waals surface area contributed by atoms with Crippen molar-refractivity contribution in [1.82, 2.24) is 9.55 Å². The highest BCUT2D eigenvalue weighted by atomic mass is 16.5. The van der Waals surface area contributed by atoms with Gasteiger partial charge in [-0.1, -0.05) is 12.8 Å². The van der Waals surface area contributed by atoms with E-state index in [4.69, 9.17) is 4.74 Å². The quantitative estimate of drug-likeness (QED) is 0.826. The number of anilines is 1. The zero-order chi connectivity index (χ0) is 12.1. The van der Waals surface area contributed by atoms with Gasteiger partial charge in [-0.25, -0.2) is 4.98 Å². The van der Waals surface area contributed by atoms with Crippen molar-refractivity contribution in [3.05, 3.63) is 12.4 Å². The fourth-order valence-corrected chi connectivity index (χ4v) is 2.58. The molecule has 2 rings (SSSR count). The molecule has 1 atom stereocenters. The number of nitrogens with one attached hydrogen (secondary N) is 1. The first-order chi connectivity index (χ1) is 8.29. The molecule has 1 aliphatic rings. The molecule has 0 aliphatic heterocycles. The molecule has 0 spiro atoms. The molecule has 1 fully saturated rings. The van der Waals surface area contributed by atoms with E-state index in [1.54, 1.807) is 7.11 Å². The molecule has 4 nitrogen and oxygen atoms in total. The number of ether oxygens (including phenoxy) is 1. The summed E-state index contributed by atoms with van der Waals surface area (Å²) < 4.78 is 7.36. The Kier molecular flexibility index (Phi) is 4.42. The number of aromatic nitrogens is 2. The highest BCUT2D eigenvalue weighted by Crippen LogP contribution is 2.27. The molecule has 1 aliphatic carbocycles. The van der Waals surface area contributed by atoms with Crippen LogP contribution in [0.5, 0.6) is 0 Å². The molecule has 0 saturated heterocycles. The van der Waals surface area contributed by atoms with E-state index in [9.17, 15) is 0 Å². The average Bonchev–Trinajstić information content (AvgIpc) is 2.92. The third-order valence-electron chi connectivity index (χ3n) is 3.44. The van der Waals surface area contributed by atoms with Crippen LogP contribution in [0, 0.1) is 5.92 Å². The molecule has 0 bridgehead atoms. The summed E-state index contributed by atoms with van der Waals surface area (Å²) in [6.45, 7) is 3.91. The summed E-state index contributed by atoms with van der Waals surface area (Å²) in [6, 6.07) is 0.296. The zero-order valence-corrected chi connectivity index (χ0v) is 10.9. The van der Waals surface area contributed by atoms with Crippen molar-refractivity contribution in [2.45, 2.75) is 45.2 Å². The number of nitrogens with zero attached hydrogens (tertiary/aromatic N) is 2. The third-order valence-corrected chi connectivity index (χ3v) is 3.44. The second kappa shape index (κ2) is 6.05. The standard InChI is InChI=1S/C13H23N3O/c1-11(10-17-2)15-13-14-7-8-16(13)9-12-5-3-4-6-12/h7-8,11-12H,3-6,9-10H2,1-2H3,(H,14,15). The lowest BCUT2D eigenvalue weighted by Crippen LogP contribution is -2.23. The Balaban J connectivity index is 1.91. The van der Waals surface area contributed by atoms with Crippen molar-refractivity contribution in [2.75, 3.05) is 19.0 Å². The second-order valence-corrected chi connectivity index (χ2v) is 5.05. The SMILES string of the molecule is COCC(C)Nc1nccn1CC1CCCC1. The molecule has 17 heavy (non-hydrogen) atoms. The van der Waals surface area contributed by atoms with Gasteiger partial charge in [-0.3, -0.25) is 0 Å². The van der Waals surface area contributed by atoms with Gasteiger partial charge in [-0.05, 0) is 25.7 Å². The highest BCUT2D eigenvalue weighted by molar-refractivity contribution is 5.27. The van der Waals surface area contributed by atoms with Crippen LogP contribution in [0.4, 0.5) is 5.95 Å². The van der Waals surface area contributed by atoms with Gasteiger partial charge in [-0.15, -0.1) is 0 Å². The molecule has 0 amide bonds. The average molecular weight is 237 g/mol. The Morgan fingerprint density at radius 1 is 1.53 bits per heavy atom. The van der Waals surface area contributed by atoms with Crippen molar-refractivity contribution in [1.29, 1.82) is 0 Å². The predicted molar refractivity (Wildman–Crippen MR) is 69.1 cm³/mol. The van der Waals surface area contributed by atoms with Gasteiger partial charge in [0.2, 0.25) is 5.95 Å². The fraction of sp³-hybridized carbons (Fsp3) is 0.769. The van der Waals surface area contributed by atoms with Crippen molar-refractivity contribution < 1.29 is 4.74 Å². The van der Waals surface area contributed by atoms with Crippen LogP contribution in [0.3, 0.4) is 0 Å². The molecule has 1 saturated carbocycles. The van der Waals surface area contributed by atoms with Crippen molar-refractivity contribution in [3.63, 3.8) is 0 Å². The van der Waals surface area contributed by atoms with Crippen LogP contribution in [0.25, 0.3) is 0 Å². The van der Waals surface area contributed by atoms with E-state index in [1.165, 1.54) is 25.7 Å². The van der Waals surface area contributed by atoms with Crippen molar-refractivity contribution in [2.24, 2.45) is 5.92 Å². The lowest BCUT2D eigenvalue weighted by Gasteiger charge is -2.17. The van der Waals surface area contributed by atoms with E-state index in [-0.39, 0.29) is 0 Å². The Morgan fingerprint density at radius 3 is 3.00 bits per heavy atom. The molecule has 4 heteroatoms. The van der Waals surface area contributed by atoms with Crippen molar-refractivity contribution in [3.8, 4) is 0 Å². The second-order valence-electron chi connectivity index (χ2n) is 5.05. The molecule has 1 aromatic rings. The summed E-state index contributed by atoms with van der Waals surface area (Å²) in [4.78, 5) is 4.38. The minimum atomic E-state index is 0.296. The summed E-state index contributed by atoms with van der Waals surface area (Å²) in [5.41, 5.74) is 0. The van der Waals surface area contributed by atoms with Crippen molar-refractivity contribution >= 4 is 5.95 Å². The Hall–Kier alpha value is -1.03. The zero-order valence-electron chi connectivity index (χ0n) is 10.9. The van der Waals surface area contributed by atoms with Crippen LogP contribution in [0.1, 0.15) is 32.6 Å². The van der Waals surface area contributed by atoms with E-state index in [1.807, 2.05) is 6.20 Å². The number of hydrogen-bond acceptors (Lipinski definition) is 3. The molecular formula is C13H23N3O. The van der Waals surface area contributed by atoms with Crippen LogP contribution in [0.2, 0.25) is 0 Å². The van der Waals surface area contributed by atoms with Gasteiger partial charge >= 0.3 is 0 Å². The topological polar surface area (TPSA) is 39.1 Å². The number of imidazole rings is 1. The van der Waals surface area contributed by atoms with Gasteiger partial charge in [0.05, 0.1) is 6.61 Å². The molecular weight excluding hydrogens is 214 g/mol. The first-order valence-electron chi connectivity index (χ1n) is 6.56. The lowest BCUT2D eigenvalue weighted by molar-refractivity contribution is 0.190. The van der Waals surface area contributed by atoms with Crippen LogP contribution in [0.15, 0.2) is 12.4 Å². The molecule has 0 radical (unpaired) electrons. The normalized spacial score (nSPS) is 18.5. The van der Waals surface area contributed by atoms with Crippen LogP contribution in [-0.2, 0) is 11.3 Å². The Labute approximate surface area is 103 Å². The summed E-state index contributed by atoms with van der Waals surface area (Å²) in [5.74, 6) is 1.81. The molecule has 1 heterocycles. The Bertz CT molecular complexity index is 331. The monoisotopic (exact) mass is 237 g/mol. The maximum atomic E-state index is 5.13. The van der Waals surface area contributed by atoms with E-state index in [2.05, 4.69) is 28.0 Å². The van der Waals surface area contributed by atoms with Gasteiger partial charge < -0.3 is 14.6 Å². The van der Waals surface area contributed by atoms with Gasteiger partial charge in [0.1, 0.15) is 0 Å². The lowest BCUT2D eigenvalue weighted by atomic mass is 10.1. The maximum Gasteiger partial charge on any atom is 0.203 e. The molecule has 1 aromatic heterocycles. The minimum Gasteiger partial charge on any atom is -0.383 e. The van der Waals surface area contributed by atoms with Gasteiger partial charge in [-0.2, -0.15) is 0 Å². The minimum absolute atomic E-state index is 0.296. The van der Waals surface area contributed by atoms with Gasteiger partial charge in [0, 0.05) is 32.1 Å². The number of hydrogen-bond donors (Lipinski definition) is 1.